The zero-order valence-corrected chi connectivity index (χ0v) is 19.9. The van der Waals surface area contributed by atoms with Crippen molar-refractivity contribution in [3.8, 4) is 17.0 Å². The number of hydrogen-bond acceptors (Lipinski definition) is 10. The smallest absolute Gasteiger partial charge is 0.228 e. The van der Waals surface area contributed by atoms with Crippen molar-refractivity contribution in [2.75, 3.05) is 30.5 Å². The Labute approximate surface area is 201 Å². The molecule has 176 valence electrons. The van der Waals surface area contributed by atoms with Gasteiger partial charge in [0.05, 0.1) is 32.5 Å². The number of anilines is 3. The second-order valence-electron chi connectivity index (χ2n) is 8.10. The predicted molar refractivity (Wildman–Crippen MR) is 131 cm³/mol. The Kier molecular flexibility index (Phi) is 6.37. The summed E-state index contributed by atoms with van der Waals surface area (Å²) in [6.45, 7) is 3.35. The fourth-order valence-electron chi connectivity index (χ4n) is 4.22. The predicted octanol–water partition coefficient (Wildman–Crippen LogP) is 3.59. The normalized spacial score (nSPS) is 15.6. The first-order valence-corrected chi connectivity index (χ1v) is 11.9. The molecule has 1 aliphatic heterocycles. The molecule has 0 aliphatic carbocycles. The molecule has 10 nitrogen and oxygen atoms in total. The lowest BCUT2D eigenvalue weighted by atomic mass is 10.0. The summed E-state index contributed by atoms with van der Waals surface area (Å²) in [7, 11) is 1.59. The number of nitrogens with one attached hydrogen (secondary N) is 1. The average Bonchev–Trinajstić information content (AvgIpc) is 3.62. The molecule has 0 amide bonds. The Balaban J connectivity index is 1.60. The molecule has 5 rings (SSSR count). The maximum absolute atomic E-state index is 9.29. The van der Waals surface area contributed by atoms with Crippen LogP contribution in [0.3, 0.4) is 0 Å². The Morgan fingerprint density at radius 1 is 1.24 bits per heavy atom. The molecular weight excluding hydrogens is 452 g/mol. The van der Waals surface area contributed by atoms with Crippen LogP contribution in [0, 0.1) is 6.92 Å². The number of benzene rings is 1. The van der Waals surface area contributed by atoms with E-state index in [4.69, 9.17) is 14.7 Å². The number of aliphatic hydroxyl groups is 1. The first-order valence-electron chi connectivity index (χ1n) is 11.1. The van der Waals surface area contributed by atoms with Crippen LogP contribution in [-0.2, 0) is 6.54 Å². The fourth-order valence-corrected chi connectivity index (χ4v) is 4.65. The zero-order chi connectivity index (χ0) is 23.5. The van der Waals surface area contributed by atoms with Gasteiger partial charge in [0, 0.05) is 29.8 Å². The van der Waals surface area contributed by atoms with E-state index in [0.717, 1.165) is 24.9 Å². The second-order valence-corrected chi connectivity index (χ2v) is 8.88. The maximum Gasteiger partial charge on any atom is 0.228 e. The molecule has 1 aromatic carbocycles. The van der Waals surface area contributed by atoms with Crippen LogP contribution in [-0.4, -0.2) is 54.5 Å². The summed E-state index contributed by atoms with van der Waals surface area (Å²) >= 11 is 1.24. The van der Waals surface area contributed by atoms with E-state index in [1.165, 1.54) is 29.0 Å². The summed E-state index contributed by atoms with van der Waals surface area (Å²) < 4.78 is 11.5. The molecule has 0 spiro atoms. The molecule has 1 aliphatic rings. The Morgan fingerprint density at radius 2 is 2.09 bits per heavy atom. The van der Waals surface area contributed by atoms with Crippen molar-refractivity contribution < 1.29 is 9.84 Å². The van der Waals surface area contributed by atoms with Gasteiger partial charge in [0.25, 0.3) is 0 Å². The third kappa shape index (κ3) is 4.44. The summed E-state index contributed by atoms with van der Waals surface area (Å²) in [6, 6.07) is 8.84. The van der Waals surface area contributed by atoms with E-state index in [2.05, 4.69) is 55.9 Å². The molecule has 0 radical (unpaired) electrons. The van der Waals surface area contributed by atoms with E-state index in [-0.39, 0.29) is 12.6 Å². The zero-order valence-electron chi connectivity index (χ0n) is 19.0. The number of aliphatic hydroxyl groups excluding tert-OH is 1. The summed E-state index contributed by atoms with van der Waals surface area (Å²) in [5.74, 6) is 1.62. The lowest BCUT2D eigenvalue weighted by Crippen LogP contribution is -2.25. The highest BCUT2D eigenvalue weighted by Gasteiger charge is 2.30. The fraction of sp³-hybridized carbons (Fsp3) is 0.348. The largest absolute Gasteiger partial charge is 0.491 e. The Morgan fingerprint density at radius 3 is 2.82 bits per heavy atom. The highest BCUT2D eigenvalue weighted by Crippen LogP contribution is 2.40. The average molecular weight is 479 g/mol. The van der Waals surface area contributed by atoms with Gasteiger partial charge in [0.15, 0.2) is 11.6 Å². The number of hydrogen-bond donors (Lipinski definition) is 2. The van der Waals surface area contributed by atoms with Gasteiger partial charge in [0.2, 0.25) is 11.1 Å². The van der Waals surface area contributed by atoms with Crippen LogP contribution >= 0.6 is 11.5 Å². The van der Waals surface area contributed by atoms with Crippen molar-refractivity contribution in [1.29, 1.82) is 0 Å². The van der Waals surface area contributed by atoms with Crippen molar-refractivity contribution in [2.24, 2.45) is 0 Å². The van der Waals surface area contributed by atoms with E-state index < -0.39 is 0 Å². The van der Waals surface area contributed by atoms with Gasteiger partial charge < -0.3 is 20.1 Å². The molecule has 4 heterocycles. The van der Waals surface area contributed by atoms with Crippen LogP contribution < -0.4 is 15.0 Å². The number of ether oxygens (including phenoxy) is 1. The third-order valence-corrected chi connectivity index (χ3v) is 6.43. The molecule has 11 heteroatoms. The van der Waals surface area contributed by atoms with Crippen molar-refractivity contribution >= 4 is 28.4 Å². The van der Waals surface area contributed by atoms with Crippen molar-refractivity contribution in [3.05, 3.63) is 54.1 Å². The molecular formula is C23H26N8O2S. The van der Waals surface area contributed by atoms with Gasteiger partial charge >= 0.3 is 0 Å². The molecule has 34 heavy (non-hydrogen) atoms. The lowest BCUT2D eigenvalue weighted by Gasteiger charge is -2.26. The van der Waals surface area contributed by atoms with Gasteiger partial charge in [-0.25, -0.2) is 9.97 Å². The summed E-state index contributed by atoms with van der Waals surface area (Å²) in [5.41, 5.74) is 3.89. The third-order valence-electron chi connectivity index (χ3n) is 5.85. The highest BCUT2D eigenvalue weighted by molar-refractivity contribution is 7.09. The van der Waals surface area contributed by atoms with Crippen LogP contribution in [0.4, 0.5) is 16.9 Å². The number of methoxy groups -OCH3 is 1. The summed E-state index contributed by atoms with van der Waals surface area (Å²) in [6.07, 6.45) is 7.15. The molecule has 1 unspecified atom stereocenters. The molecule has 3 aromatic heterocycles. The van der Waals surface area contributed by atoms with Crippen LogP contribution in [0.1, 0.15) is 30.0 Å². The van der Waals surface area contributed by atoms with Gasteiger partial charge in [-0.2, -0.15) is 14.5 Å². The van der Waals surface area contributed by atoms with Crippen LogP contribution in [0.2, 0.25) is 0 Å². The Bertz CT molecular complexity index is 1240. The van der Waals surface area contributed by atoms with Gasteiger partial charge in [-0.1, -0.05) is 29.8 Å². The quantitative estimate of drug-likeness (QED) is 0.392. The molecule has 1 fully saturated rings. The highest BCUT2D eigenvalue weighted by atomic mass is 32.1. The maximum atomic E-state index is 9.29. The van der Waals surface area contributed by atoms with Gasteiger partial charge in [0.1, 0.15) is 12.0 Å². The molecule has 1 saturated heterocycles. The van der Waals surface area contributed by atoms with Gasteiger partial charge in [-0.05, 0) is 25.3 Å². The Hall–Kier alpha value is -3.57. The van der Waals surface area contributed by atoms with Crippen LogP contribution in [0.5, 0.6) is 5.75 Å². The van der Waals surface area contributed by atoms with E-state index >= 15 is 0 Å². The first-order chi connectivity index (χ1) is 16.7. The minimum absolute atomic E-state index is 0.00311. The van der Waals surface area contributed by atoms with Crippen LogP contribution in [0.25, 0.3) is 11.3 Å². The summed E-state index contributed by atoms with van der Waals surface area (Å²) in [4.78, 5) is 16.3. The van der Waals surface area contributed by atoms with Crippen molar-refractivity contribution in [3.63, 3.8) is 0 Å². The molecule has 4 aromatic rings. The molecule has 0 bridgehead atoms. The van der Waals surface area contributed by atoms with E-state index in [1.807, 2.05) is 6.20 Å². The van der Waals surface area contributed by atoms with E-state index in [9.17, 15) is 5.11 Å². The molecule has 2 N–H and O–H groups in total. The number of aryl methyl sites for hydroxylation is 1. The minimum Gasteiger partial charge on any atom is -0.491 e. The molecule has 1 atom stereocenters. The topological polar surface area (TPSA) is 114 Å². The summed E-state index contributed by atoms with van der Waals surface area (Å²) in [5, 5.41) is 17.5. The standard InChI is InChI=1S/C23H26N8O2S/c1-15-5-7-16(8-6-15)18-4-3-9-31(18)22-27-19(17-12-25-30(13-17)10-11-32)20(33-2)21(28-22)29-23-24-14-26-34-23/h5-8,12-14,18,32H,3-4,9-11H2,1-2H3,(H,24,26,27,28,29). The van der Waals surface area contributed by atoms with Crippen LogP contribution in [0.15, 0.2) is 43.0 Å². The van der Waals surface area contributed by atoms with Gasteiger partial charge in [-0.15, -0.1) is 0 Å². The number of aromatic nitrogens is 6. The monoisotopic (exact) mass is 478 g/mol. The van der Waals surface area contributed by atoms with E-state index in [1.54, 1.807) is 18.0 Å². The van der Waals surface area contributed by atoms with E-state index in [0.29, 0.717) is 34.9 Å². The SMILES string of the molecule is COc1c(Nc2ncns2)nc(N2CCCC2c2ccc(C)cc2)nc1-c1cnn(CCO)c1. The van der Waals surface area contributed by atoms with Gasteiger partial charge in [-0.3, -0.25) is 4.68 Å². The van der Waals surface area contributed by atoms with Crippen molar-refractivity contribution in [1.82, 2.24) is 29.1 Å². The second kappa shape index (κ2) is 9.74. The molecule has 0 saturated carbocycles. The minimum atomic E-state index is 0.00311. The van der Waals surface area contributed by atoms with Crippen molar-refractivity contribution in [2.45, 2.75) is 32.4 Å². The number of nitrogens with zero attached hydrogens (tertiary/aromatic N) is 7. The lowest BCUT2D eigenvalue weighted by molar-refractivity contribution is 0.269. The first kappa shape index (κ1) is 22.2. The number of rotatable bonds is 8.